The molecule has 1 saturated heterocycles. The molecule has 0 aromatic carbocycles. The van der Waals surface area contributed by atoms with E-state index in [9.17, 15) is 0 Å². The fourth-order valence-electron chi connectivity index (χ4n) is 2.22. The standard InChI is InChI=1S/C12H21N5O2/c1-17(9-5-4-7-13-8-6-9)10-14-11(18-2)16-12(15-10)19-3/h9,13H,4-8H2,1-3H3. The Balaban J connectivity index is 2.18. The van der Waals surface area contributed by atoms with E-state index in [2.05, 4.69) is 25.2 Å². The molecular weight excluding hydrogens is 246 g/mol. The second-order valence-electron chi connectivity index (χ2n) is 4.55. The van der Waals surface area contributed by atoms with Crippen LogP contribution in [0.5, 0.6) is 12.0 Å². The van der Waals surface area contributed by atoms with Crippen LogP contribution in [0.25, 0.3) is 0 Å². The first-order chi connectivity index (χ1) is 9.24. The minimum absolute atomic E-state index is 0.278. The highest BCUT2D eigenvalue weighted by Crippen LogP contribution is 2.20. The number of nitrogens with one attached hydrogen (secondary N) is 1. The average Bonchev–Trinajstić information content (AvgIpc) is 2.74. The van der Waals surface area contributed by atoms with E-state index < -0.39 is 0 Å². The Kier molecular flexibility index (Phi) is 4.73. The molecule has 106 valence electrons. The fraction of sp³-hybridized carbons (Fsp3) is 0.750. The lowest BCUT2D eigenvalue weighted by Gasteiger charge is -2.26. The second kappa shape index (κ2) is 6.51. The lowest BCUT2D eigenvalue weighted by molar-refractivity contribution is 0.339. The Labute approximate surface area is 113 Å². The van der Waals surface area contributed by atoms with Crippen LogP contribution in [0.3, 0.4) is 0 Å². The van der Waals surface area contributed by atoms with E-state index in [1.165, 1.54) is 14.2 Å². The maximum atomic E-state index is 5.08. The lowest BCUT2D eigenvalue weighted by atomic mass is 10.1. The van der Waals surface area contributed by atoms with Gasteiger partial charge in [0, 0.05) is 13.1 Å². The van der Waals surface area contributed by atoms with E-state index in [1.54, 1.807) is 0 Å². The minimum Gasteiger partial charge on any atom is -0.467 e. The van der Waals surface area contributed by atoms with Gasteiger partial charge in [0.2, 0.25) is 5.95 Å². The summed E-state index contributed by atoms with van der Waals surface area (Å²) in [6.07, 6.45) is 3.36. The molecule has 1 atom stereocenters. The van der Waals surface area contributed by atoms with E-state index in [0.717, 1.165) is 32.4 Å². The van der Waals surface area contributed by atoms with Crippen LogP contribution >= 0.6 is 0 Å². The van der Waals surface area contributed by atoms with Gasteiger partial charge in [0.25, 0.3) is 0 Å². The van der Waals surface area contributed by atoms with Crippen molar-refractivity contribution in [2.45, 2.75) is 25.3 Å². The second-order valence-corrected chi connectivity index (χ2v) is 4.55. The average molecular weight is 267 g/mol. The lowest BCUT2D eigenvalue weighted by Crippen LogP contribution is -2.34. The van der Waals surface area contributed by atoms with Crippen molar-refractivity contribution in [3.63, 3.8) is 0 Å². The van der Waals surface area contributed by atoms with Crippen LogP contribution in [0.15, 0.2) is 0 Å². The Hall–Kier alpha value is -1.63. The smallest absolute Gasteiger partial charge is 0.324 e. The van der Waals surface area contributed by atoms with Crippen LogP contribution in [-0.2, 0) is 0 Å². The van der Waals surface area contributed by atoms with Gasteiger partial charge in [-0.1, -0.05) is 0 Å². The molecule has 1 aliphatic rings. The van der Waals surface area contributed by atoms with E-state index in [0.29, 0.717) is 12.0 Å². The zero-order valence-corrected chi connectivity index (χ0v) is 11.7. The Morgan fingerprint density at radius 3 is 2.37 bits per heavy atom. The zero-order valence-electron chi connectivity index (χ0n) is 11.7. The van der Waals surface area contributed by atoms with Gasteiger partial charge >= 0.3 is 12.0 Å². The van der Waals surface area contributed by atoms with Crippen molar-refractivity contribution >= 4 is 5.95 Å². The Morgan fingerprint density at radius 2 is 1.74 bits per heavy atom. The van der Waals surface area contributed by atoms with Crippen LogP contribution in [-0.4, -0.2) is 55.4 Å². The summed E-state index contributed by atoms with van der Waals surface area (Å²) in [5.41, 5.74) is 0. The van der Waals surface area contributed by atoms with Crippen LogP contribution in [0.1, 0.15) is 19.3 Å². The molecule has 0 radical (unpaired) electrons. The summed E-state index contributed by atoms with van der Waals surface area (Å²) in [6.45, 7) is 2.10. The van der Waals surface area contributed by atoms with Gasteiger partial charge in [-0.05, 0) is 32.4 Å². The molecule has 1 aliphatic heterocycles. The molecule has 1 aromatic rings. The Morgan fingerprint density at radius 1 is 1.05 bits per heavy atom. The molecule has 7 heteroatoms. The normalized spacial score (nSPS) is 19.6. The van der Waals surface area contributed by atoms with E-state index in [-0.39, 0.29) is 12.0 Å². The quantitative estimate of drug-likeness (QED) is 0.850. The number of anilines is 1. The van der Waals surface area contributed by atoms with Crippen molar-refractivity contribution in [3.05, 3.63) is 0 Å². The van der Waals surface area contributed by atoms with Crippen LogP contribution < -0.4 is 19.7 Å². The molecule has 1 fully saturated rings. The topological polar surface area (TPSA) is 72.4 Å². The fourth-order valence-corrected chi connectivity index (χ4v) is 2.22. The Bertz CT molecular complexity index is 385. The van der Waals surface area contributed by atoms with Crippen molar-refractivity contribution in [3.8, 4) is 12.0 Å². The number of hydrogen-bond acceptors (Lipinski definition) is 7. The molecule has 19 heavy (non-hydrogen) atoms. The molecule has 1 N–H and O–H groups in total. The number of methoxy groups -OCH3 is 2. The highest BCUT2D eigenvalue weighted by atomic mass is 16.5. The summed E-state index contributed by atoms with van der Waals surface area (Å²) in [5.74, 6) is 0.593. The third-order valence-electron chi connectivity index (χ3n) is 3.36. The predicted molar refractivity (Wildman–Crippen MR) is 71.8 cm³/mol. The number of ether oxygens (including phenoxy) is 2. The van der Waals surface area contributed by atoms with E-state index in [4.69, 9.17) is 9.47 Å². The highest BCUT2D eigenvalue weighted by molar-refractivity contribution is 5.32. The van der Waals surface area contributed by atoms with Crippen LogP contribution in [0.4, 0.5) is 5.95 Å². The van der Waals surface area contributed by atoms with Crippen molar-refractivity contribution < 1.29 is 9.47 Å². The van der Waals surface area contributed by atoms with E-state index in [1.807, 2.05) is 7.05 Å². The van der Waals surface area contributed by atoms with Gasteiger partial charge in [-0.25, -0.2) is 0 Å². The summed E-state index contributed by atoms with van der Waals surface area (Å²) < 4.78 is 10.2. The van der Waals surface area contributed by atoms with Gasteiger partial charge in [0.1, 0.15) is 0 Å². The molecular formula is C12H21N5O2. The van der Waals surface area contributed by atoms with Gasteiger partial charge in [-0.2, -0.15) is 9.97 Å². The van der Waals surface area contributed by atoms with E-state index >= 15 is 0 Å². The van der Waals surface area contributed by atoms with Gasteiger partial charge in [-0.3, -0.25) is 0 Å². The van der Waals surface area contributed by atoms with Crippen LogP contribution in [0, 0.1) is 0 Å². The number of rotatable bonds is 4. The number of hydrogen-bond donors (Lipinski definition) is 1. The largest absolute Gasteiger partial charge is 0.467 e. The van der Waals surface area contributed by atoms with Crippen molar-refractivity contribution in [1.82, 2.24) is 20.3 Å². The molecule has 0 amide bonds. The molecule has 0 aliphatic carbocycles. The molecule has 1 aromatic heterocycles. The highest BCUT2D eigenvalue weighted by Gasteiger charge is 2.20. The maximum Gasteiger partial charge on any atom is 0.324 e. The molecule has 2 heterocycles. The van der Waals surface area contributed by atoms with Gasteiger partial charge in [-0.15, -0.1) is 4.98 Å². The molecule has 2 rings (SSSR count). The number of aromatic nitrogens is 3. The monoisotopic (exact) mass is 267 g/mol. The van der Waals surface area contributed by atoms with Crippen molar-refractivity contribution in [2.75, 3.05) is 39.3 Å². The first-order valence-electron chi connectivity index (χ1n) is 6.52. The third-order valence-corrected chi connectivity index (χ3v) is 3.36. The minimum atomic E-state index is 0.278. The molecule has 0 spiro atoms. The van der Waals surface area contributed by atoms with Gasteiger partial charge in [0.05, 0.1) is 14.2 Å². The first kappa shape index (κ1) is 13.8. The summed E-state index contributed by atoms with van der Waals surface area (Å²) in [6, 6.07) is 0.979. The molecule has 0 saturated carbocycles. The molecule has 0 bridgehead atoms. The zero-order chi connectivity index (χ0) is 13.7. The molecule has 7 nitrogen and oxygen atoms in total. The number of nitrogens with zero attached hydrogens (tertiary/aromatic N) is 4. The van der Waals surface area contributed by atoms with Crippen molar-refractivity contribution in [2.24, 2.45) is 0 Å². The van der Waals surface area contributed by atoms with Gasteiger partial charge in [0.15, 0.2) is 0 Å². The summed E-state index contributed by atoms with van der Waals surface area (Å²) in [7, 11) is 5.08. The summed E-state index contributed by atoms with van der Waals surface area (Å²) >= 11 is 0. The summed E-state index contributed by atoms with van der Waals surface area (Å²) in [4.78, 5) is 14.7. The molecule has 1 unspecified atom stereocenters. The van der Waals surface area contributed by atoms with Gasteiger partial charge < -0.3 is 19.7 Å². The van der Waals surface area contributed by atoms with Crippen molar-refractivity contribution in [1.29, 1.82) is 0 Å². The summed E-state index contributed by atoms with van der Waals surface area (Å²) in [5, 5.41) is 3.40. The predicted octanol–water partition coefficient (Wildman–Crippen LogP) is 0.467. The van der Waals surface area contributed by atoms with Crippen LogP contribution in [0.2, 0.25) is 0 Å². The first-order valence-corrected chi connectivity index (χ1v) is 6.52. The maximum absolute atomic E-state index is 5.08. The SMILES string of the molecule is COc1nc(OC)nc(N(C)C2CCCNCC2)n1. The third kappa shape index (κ3) is 3.44.